The van der Waals surface area contributed by atoms with Crippen LogP contribution < -0.4 is 21.6 Å². The predicted molar refractivity (Wildman–Crippen MR) is 168 cm³/mol. The van der Waals surface area contributed by atoms with Gasteiger partial charge in [-0.25, -0.2) is 4.98 Å². The van der Waals surface area contributed by atoms with Crippen molar-refractivity contribution in [3.05, 3.63) is 70.6 Å². The summed E-state index contributed by atoms with van der Waals surface area (Å²) >= 11 is 1.45. The van der Waals surface area contributed by atoms with Gasteiger partial charge in [0.25, 0.3) is 0 Å². The number of benzene rings is 2. The van der Waals surface area contributed by atoms with Gasteiger partial charge in [-0.1, -0.05) is 38.8 Å². The molecule has 2 aromatic heterocycles. The molecule has 1 fully saturated rings. The third-order valence-electron chi connectivity index (χ3n) is 7.92. The monoisotopic (exact) mass is 619 g/mol. The summed E-state index contributed by atoms with van der Waals surface area (Å²) in [7, 11) is 0. The highest BCUT2D eigenvalue weighted by Crippen LogP contribution is 2.54. The second-order valence-electron chi connectivity index (χ2n) is 12.4. The maximum absolute atomic E-state index is 14.0. The van der Waals surface area contributed by atoms with E-state index in [0.717, 1.165) is 20.8 Å². The summed E-state index contributed by atoms with van der Waals surface area (Å²) in [5, 5.41) is 8.76. The fraction of sp³-hybridized carbons (Fsp3) is 0.344. The summed E-state index contributed by atoms with van der Waals surface area (Å²) in [4.78, 5) is 21.9. The van der Waals surface area contributed by atoms with Crippen molar-refractivity contribution in [1.29, 1.82) is 0 Å². The van der Waals surface area contributed by atoms with Gasteiger partial charge in [-0.2, -0.15) is 13.2 Å². The number of nitrogens with zero attached hydrogens (tertiary/aromatic N) is 3. The lowest BCUT2D eigenvalue weighted by atomic mass is 9.96. The highest BCUT2D eigenvalue weighted by atomic mass is 32.1. The van der Waals surface area contributed by atoms with E-state index in [1.807, 2.05) is 24.3 Å². The molecule has 2 aliphatic rings. The molecule has 2 aromatic carbocycles. The number of terminal acetylenes is 1. The SMILES string of the molecule is C#Cc1cnc2c(C(C)=O)cc(N[C@H](C3=CN(C4(C(F)(F)F)CC4)NN3)c3cccc4ncsc34)cc2c1NCC(C)(C)C. The first-order chi connectivity index (χ1) is 20.8. The first kappa shape index (κ1) is 29.7. The van der Waals surface area contributed by atoms with Crippen LogP contribution in [0, 0.1) is 17.8 Å². The van der Waals surface area contributed by atoms with Crippen LogP contribution in [0.4, 0.5) is 24.5 Å². The molecule has 1 atom stereocenters. The number of carbonyl (C=O) groups excluding carboxylic acids is 1. The van der Waals surface area contributed by atoms with Gasteiger partial charge in [-0.3, -0.25) is 14.8 Å². The number of alkyl halides is 3. The number of hydrogen-bond donors (Lipinski definition) is 4. The third-order valence-corrected chi connectivity index (χ3v) is 8.81. The maximum Gasteiger partial charge on any atom is 0.413 e. The molecule has 0 unspecified atom stereocenters. The van der Waals surface area contributed by atoms with E-state index >= 15 is 0 Å². The number of pyridine rings is 1. The fourth-order valence-corrected chi connectivity index (χ4v) is 6.25. The molecule has 228 valence electrons. The minimum atomic E-state index is -4.40. The maximum atomic E-state index is 14.0. The van der Waals surface area contributed by atoms with E-state index in [9.17, 15) is 18.0 Å². The average Bonchev–Trinajstić information content (AvgIpc) is 3.41. The molecule has 4 aromatic rings. The highest BCUT2D eigenvalue weighted by Gasteiger charge is 2.67. The molecule has 0 radical (unpaired) electrons. The zero-order chi connectivity index (χ0) is 31.4. The van der Waals surface area contributed by atoms with Crippen LogP contribution in [-0.2, 0) is 0 Å². The van der Waals surface area contributed by atoms with Gasteiger partial charge in [0.2, 0.25) is 0 Å². The van der Waals surface area contributed by atoms with Gasteiger partial charge in [0.1, 0.15) is 0 Å². The topological polar surface area (TPSA) is 94.2 Å². The van der Waals surface area contributed by atoms with Crippen LogP contribution >= 0.6 is 11.3 Å². The van der Waals surface area contributed by atoms with Crippen LogP contribution in [0.5, 0.6) is 0 Å². The van der Waals surface area contributed by atoms with Crippen molar-refractivity contribution in [3.63, 3.8) is 0 Å². The van der Waals surface area contributed by atoms with Gasteiger partial charge in [0, 0.05) is 35.6 Å². The average molecular weight is 620 g/mol. The molecule has 44 heavy (non-hydrogen) atoms. The Labute approximate surface area is 257 Å². The first-order valence-electron chi connectivity index (χ1n) is 14.2. The predicted octanol–water partition coefficient (Wildman–Crippen LogP) is 6.90. The van der Waals surface area contributed by atoms with E-state index in [0.29, 0.717) is 45.6 Å². The molecule has 1 aliphatic heterocycles. The molecule has 0 amide bonds. The lowest BCUT2D eigenvalue weighted by molar-refractivity contribution is -0.195. The number of fused-ring (bicyclic) bond motifs is 2. The van der Waals surface area contributed by atoms with E-state index < -0.39 is 17.8 Å². The summed E-state index contributed by atoms with van der Waals surface area (Å²) in [5.41, 5.74) is 10.2. The molecule has 4 N–H and O–H groups in total. The molecule has 6 rings (SSSR count). The minimum Gasteiger partial charge on any atom is -0.383 e. The van der Waals surface area contributed by atoms with Crippen LogP contribution in [0.15, 0.2) is 53.9 Å². The summed E-state index contributed by atoms with van der Waals surface area (Å²) < 4.78 is 42.9. The Bertz CT molecular complexity index is 1850. The largest absolute Gasteiger partial charge is 0.413 e. The van der Waals surface area contributed by atoms with Crippen LogP contribution in [0.25, 0.3) is 21.1 Å². The number of thiazole rings is 1. The number of hydrogen-bond acceptors (Lipinski definition) is 9. The van der Waals surface area contributed by atoms with Gasteiger partial charge in [0.15, 0.2) is 11.3 Å². The first-order valence-corrected chi connectivity index (χ1v) is 15.1. The van der Waals surface area contributed by atoms with Crippen molar-refractivity contribution < 1.29 is 18.0 Å². The molecule has 0 spiro atoms. The molecule has 12 heteroatoms. The number of halogens is 3. The van der Waals surface area contributed by atoms with Crippen molar-refractivity contribution in [3.8, 4) is 12.3 Å². The third kappa shape index (κ3) is 5.31. The Kier molecular flexibility index (Phi) is 7.21. The quantitative estimate of drug-likeness (QED) is 0.125. The van der Waals surface area contributed by atoms with E-state index in [1.165, 1.54) is 24.5 Å². The minimum absolute atomic E-state index is 0.00101. The van der Waals surface area contributed by atoms with Gasteiger partial charge in [-0.05, 0) is 48.9 Å². The van der Waals surface area contributed by atoms with E-state index in [2.05, 4.69) is 58.3 Å². The molecule has 0 bridgehead atoms. The van der Waals surface area contributed by atoms with Crippen molar-refractivity contribution >= 4 is 49.6 Å². The molecule has 3 heterocycles. The molecular formula is C32H32F3N7OS. The van der Waals surface area contributed by atoms with E-state index in [1.54, 1.807) is 17.8 Å². The smallest absolute Gasteiger partial charge is 0.383 e. The zero-order valence-electron chi connectivity index (χ0n) is 24.7. The van der Waals surface area contributed by atoms with E-state index in [4.69, 9.17) is 6.42 Å². The summed E-state index contributed by atoms with van der Waals surface area (Å²) in [5.74, 6) is 2.51. The van der Waals surface area contributed by atoms with Crippen molar-refractivity contribution in [2.75, 3.05) is 17.2 Å². The second kappa shape index (κ2) is 10.7. The van der Waals surface area contributed by atoms with Crippen molar-refractivity contribution in [2.45, 2.75) is 58.3 Å². The number of carbonyl (C=O) groups is 1. The Balaban J connectivity index is 1.49. The molecule has 1 saturated carbocycles. The number of aromatic nitrogens is 2. The van der Waals surface area contributed by atoms with E-state index in [-0.39, 0.29) is 24.0 Å². The fourth-order valence-electron chi connectivity index (χ4n) is 5.42. The van der Waals surface area contributed by atoms with Crippen LogP contribution in [0.3, 0.4) is 0 Å². The standard InChI is InChI=1S/C32H32F3N7OS/c1-6-19-14-36-27-22(18(2)43)12-20(13-23(27)26(19)37-16-30(3,4)5)39-28(21-8-7-9-24-29(21)44-17-38-24)25-15-42(41-40-25)31(10-11-31)32(33,34)35/h1,7-9,12-15,17,28,39-41H,10-11,16H2,2-5H3,(H,36,37)/t28-/m0/s1. The number of ketones is 1. The second-order valence-corrected chi connectivity index (χ2v) is 13.3. The van der Waals surface area contributed by atoms with Crippen LogP contribution in [-0.4, -0.2) is 39.0 Å². The molecular weight excluding hydrogens is 587 g/mol. The summed E-state index contributed by atoms with van der Waals surface area (Å²) in [6, 6.07) is 8.64. The van der Waals surface area contributed by atoms with Gasteiger partial charge < -0.3 is 16.1 Å². The lowest BCUT2D eigenvalue weighted by Gasteiger charge is -2.28. The zero-order valence-corrected chi connectivity index (χ0v) is 25.5. The summed E-state index contributed by atoms with van der Waals surface area (Å²) in [6.45, 7) is 8.39. The molecule has 0 saturated heterocycles. The number of anilines is 2. The van der Waals surface area contributed by atoms with Gasteiger partial charge in [-0.15, -0.1) is 23.3 Å². The number of Topliss-reactive ketones (excluding diaryl/α,β-unsaturated/α-hetero) is 1. The Morgan fingerprint density at radius 2 is 2.00 bits per heavy atom. The number of hydrazine groups is 2. The normalized spacial score (nSPS) is 16.8. The van der Waals surface area contributed by atoms with Crippen molar-refractivity contribution in [1.82, 2.24) is 25.9 Å². The lowest BCUT2D eigenvalue weighted by Crippen LogP contribution is -2.52. The Morgan fingerprint density at radius 1 is 1.23 bits per heavy atom. The van der Waals surface area contributed by atoms with Crippen LogP contribution in [0.2, 0.25) is 0 Å². The highest BCUT2D eigenvalue weighted by molar-refractivity contribution is 7.17. The Morgan fingerprint density at radius 3 is 2.66 bits per heavy atom. The van der Waals surface area contributed by atoms with Gasteiger partial charge >= 0.3 is 6.18 Å². The van der Waals surface area contributed by atoms with Crippen molar-refractivity contribution in [2.24, 2.45) is 5.41 Å². The molecule has 1 aliphatic carbocycles. The Hall–Kier alpha value is -4.34. The number of nitrogens with one attached hydrogen (secondary N) is 4. The summed E-state index contributed by atoms with van der Waals surface area (Å²) in [6.07, 6.45) is 4.51. The molecule has 8 nitrogen and oxygen atoms in total. The van der Waals surface area contributed by atoms with Crippen LogP contribution in [0.1, 0.15) is 68.1 Å². The van der Waals surface area contributed by atoms with Gasteiger partial charge in [0.05, 0.1) is 44.2 Å². The number of rotatable bonds is 8.